The lowest BCUT2D eigenvalue weighted by Gasteiger charge is -2.17. The first-order valence-corrected chi connectivity index (χ1v) is 9.98. The van der Waals surface area contributed by atoms with E-state index in [1.54, 1.807) is 18.3 Å². The molecule has 26 heavy (non-hydrogen) atoms. The van der Waals surface area contributed by atoms with Crippen LogP contribution in [-0.2, 0) is 16.4 Å². The molecule has 1 saturated carbocycles. The smallest absolute Gasteiger partial charge is 0.341 e. The van der Waals surface area contributed by atoms with Crippen molar-refractivity contribution >= 4 is 15.5 Å². The van der Waals surface area contributed by atoms with Crippen molar-refractivity contribution in [1.29, 1.82) is 0 Å². The SMILES string of the molecule is O=S(=O)(c1ccccc1NCc1cccnc1OC1CCCC1)C(F)F. The Morgan fingerprint density at radius 2 is 1.88 bits per heavy atom. The summed E-state index contributed by atoms with van der Waals surface area (Å²) in [6.45, 7) is 0.214. The summed E-state index contributed by atoms with van der Waals surface area (Å²) in [4.78, 5) is 3.83. The van der Waals surface area contributed by atoms with Crippen LogP contribution in [0.4, 0.5) is 14.5 Å². The van der Waals surface area contributed by atoms with Gasteiger partial charge in [-0.15, -0.1) is 0 Å². The molecule has 0 unspecified atom stereocenters. The van der Waals surface area contributed by atoms with Crippen molar-refractivity contribution in [3.8, 4) is 5.88 Å². The molecule has 0 radical (unpaired) electrons. The fraction of sp³-hybridized carbons (Fsp3) is 0.389. The van der Waals surface area contributed by atoms with E-state index in [4.69, 9.17) is 4.74 Å². The molecule has 1 aromatic carbocycles. The third kappa shape index (κ3) is 4.12. The number of aromatic nitrogens is 1. The highest BCUT2D eigenvalue weighted by Crippen LogP contribution is 2.28. The molecule has 1 aromatic heterocycles. The Balaban J connectivity index is 1.78. The number of anilines is 1. The zero-order valence-electron chi connectivity index (χ0n) is 14.1. The second-order valence-corrected chi connectivity index (χ2v) is 8.03. The predicted molar refractivity (Wildman–Crippen MR) is 94.1 cm³/mol. The van der Waals surface area contributed by atoms with E-state index in [0.717, 1.165) is 31.2 Å². The third-order valence-electron chi connectivity index (χ3n) is 4.33. The highest BCUT2D eigenvalue weighted by Gasteiger charge is 2.29. The normalized spacial score (nSPS) is 15.3. The van der Waals surface area contributed by atoms with Crippen LogP contribution in [0.1, 0.15) is 31.2 Å². The molecule has 1 heterocycles. The van der Waals surface area contributed by atoms with E-state index in [2.05, 4.69) is 10.3 Å². The minimum Gasteiger partial charge on any atom is -0.474 e. The quantitative estimate of drug-likeness (QED) is 0.784. The molecule has 1 fully saturated rings. The number of para-hydroxylation sites is 1. The van der Waals surface area contributed by atoms with Crippen LogP contribution >= 0.6 is 0 Å². The molecular weight excluding hydrogens is 362 g/mol. The minimum absolute atomic E-state index is 0.128. The van der Waals surface area contributed by atoms with Gasteiger partial charge in [0.2, 0.25) is 15.7 Å². The summed E-state index contributed by atoms with van der Waals surface area (Å²) in [5.74, 6) is -2.98. The lowest BCUT2D eigenvalue weighted by atomic mass is 10.2. The molecule has 8 heteroatoms. The maximum absolute atomic E-state index is 12.9. The van der Waals surface area contributed by atoms with E-state index in [9.17, 15) is 17.2 Å². The van der Waals surface area contributed by atoms with E-state index in [1.807, 2.05) is 6.07 Å². The van der Waals surface area contributed by atoms with Crippen molar-refractivity contribution in [2.45, 2.75) is 49.0 Å². The van der Waals surface area contributed by atoms with Crippen LogP contribution in [0.5, 0.6) is 5.88 Å². The Hall–Kier alpha value is -2.22. The van der Waals surface area contributed by atoms with Gasteiger partial charge in [-0.2, -0.15) is 8.78 Å². The zero-order chi connectivity index (χ0) is 18.6. The van der Waals surface area contributed by atoms with Crippen LogP contribution in [0, 0.1) is 0 Å². The molecule has 0 aliphatic heterocycles. The number of halogens is 2. The van der Waals surface area contributed by atoms with Crippen molar-refractivity contribution in [2.24, 2.45) is 0 Å². The maximum Gasteiger partial charge on any atom is 0.341 e. The van der Waals surface area contributed by atoms with Crippen LogP contribution < -0.4 is 10.1 Å². The van der Waals surface area contributed by atoms with Gasteiger partial charge in [0, 0.05) is 18.3 Å². The van der Waals surface area contributed by atoms with Crippen molar-refractivity contribution in [1.82, 2.24) is 4.98 Å². The maximum atomic E-state index is 12.9. The molecule has 0 atom stereocenters. The van der Waals surface area contributed by atoms with E-state index < -0.39 is 20.5 Å². The topological polar surface area (TPSA) is 68.3 Å². The number of hydrogen-bond acceptors (Lipinski definition) is 5. The Morgan fingerprint density at radius 1 is 1.15 bits per heavy atom. The number of nitrogens with zero attached hydrogens (tertiary/aromatic N) is 1. The highest BCUT2D eigenvalue weighted by atomic mass is 32.2. The van der Waals surface area contributed by atoms with Gasteiger partial charge in [-0.05, 0) is 43.9 Å². The summed E-state index contributed by atoms with van der Waals surface area (Å²) in [5.41, 5.74) is 0.868. The molecule has 2 aromatic rings. The molecule has 5 nitrogen and oxygen atoms in total. The molecule has 0 spiro atoms. The fourth-order valence-electron chi connectivity index (χ4n) is 2.98. The van der Waals surface area contributed by atoms with Crippen LogP contribution in [0.15, 0.2) is 47.5 Å². The molecule has 0 bridgehead atoms. The second-order valence-electron chi connectivity index (χ2n) is 6.15. The van der Waals surface area contributed by atoms with Gasteiger partial charge in [0.05, 0.1) is 10.6 Å². The van der Waals surface area contributed by atoms with Crippen molar-refractivity contribution in [3.05, 3.63) is 48.2 Å². The van der Waals surface area contributed by atoms with Gasteiger partial charge >= 0.3 is 5.76 Å². The van der Waals surface area contributed by atoms with Gasteiger partial charge in [-0.3, -0.25) is 0 Å². The Bertz CT molecular complexity index is 853. The van der Waals surface area contributed by atoms with Crippen LogP contribution in [0.25, 0.3) is 0 Å². The van der Waals surface area contributed by atoms with Crippen LogP contribution in [-0.4, -0.2) is 25.3 Å². The van der Waals surface area contributed by atoms with Gasteiger partial charge in [0.25, 0.3) is 0 Å². The number of nitrogens with one attached hydrogen (secondary N) is 1. The Labute approximate surface area is 151 Å². The Morgan fingerprint density at radius 3 is 2.62 bits per heavy atom. The number of benzene rings is 1. The summed E-state index contributed by atoms with van der Waals surface area (Å²) in [6.07, 6.45) is 5.99. The second kappa shape index (κ2) is 7.99. The third-order valence-corrected chi connectivity index (χ3v) is 5.77. The van der Waals surface area contributed by atoms with Crippen LogP contribution in [0.3, 0.4) is 0 Å². The molecule has 1 aliphatic rings. The van der Waals surface area contributed by atoms with Crippen molar-refractivity contribution < 1.29 is 21.9 Å². The summed E-state index contributed by atoms with van der Waals surface area (Å²) in [7, 11) is -4.68. The van der Waals surface area contributed by atoms with Gasteiger partial charge in [-0.1, -0.05) is 18.2 Å². The zero-order valence-corrected chi connectivity index (χ0v) is 14.9. The average Bonchev–Trinajstić information content (AvgIpc) is 3.14. The van der Waals surface area contributed by atoms with Gasteiger partial charge in [0.15, 0.2) is 0 Å². The summed E-state index contributed by atoms with van der Waals surface area (Å²) >= 11 is 0. The average molecular weight is 382 g/mol. The number of alkyl halides is 2. The predicted octanol–water partition coefficient (Wildman–Crippen LogP) is 4.01. The monoisotopic (exact) mass is 382 g/mol. The lowest BCUT2D eigenvalue weighted by molar-refractivity contribution is 0.199. The molecule has 140 valence electrons. The van der Waals surface area contributed by atoms with Crippen molar-refractivity contribution in [3.63, 3.8) is 0 Å². The molecular formula is C18H20F2N2O3S. The Kier molecular flexibility index (Phi) is 5.70. The molecule has 1 N–H and O–H groups in total. The lowest BCUT2D eigenvalue weighted by Crippen LogP contribution is -2.16. The molecule has 1 aliphatic carbocycles. The summed E-state index contributed by atoms with van der Waals surface area (Å²) < 4.78 is 55.4. The van der Waals surface area contributed by atoms with Crippen molar-refractivity contribution in [2.75, 3.05) is 5.32 Å². The molecule has 0 amide bonds. The minimum atomic E-state index is -4.68. The van der Waals surface area contributed by atoms with Gasteiger partial charge < -0.3 is 10.1 Å². The first kappa shape index (κ1) is 18.6. The first-order valence-electron chi connectivity index (χ1n) is 8.44. The fourth-order valence-corrected chi connectivity index (χ4v) is 3.88. The standard InChI is InChI=1S/C18H20F2N2O3S/c19-18(20)26(23,24)16-10-4-3-9-15(16)22-12-13-6-5-11-21-17(13)25-14-7-1-2-8-14/h3-6,9-11,14,18,22H,1-2,7-8,12H2. The largest absolute Gasteiger partial charge is 0.474 e. The number of rotatable bonds is 7. The molecule has 3 rings (SSSR count). The van der Waals surface area contributed by atoms with E-state index in [-0.39, 0.29) is 18.3 Å². The van der Waals surface area contributed by atoms with E-state index in [0.29, 0.717) is 5.88 Å². The van der Waals surface area contributed by atoms with Gasteiger partial charge in [-0.25, -0.2) is 13.4 Å². The van der Waals surface area contributed by atoms with E-state index in [1.165, 1.54) is 18.2 Å². The summed E-state index contributed by atoms with van der Waals surface area (Å²) in [6, 6.07) is 9.20. The van der Waals surface area contributed by atoms with E-state index >= 15 is 0 Å². The number of hydrogen-bond donors (Lipinski definition) is 1. The highest BCUT2D eigenvalue weighted by molar-refractivity contribution is 7.91. The number of pyridine rings is 1. The number of sulfone groups is 1. The summed E-state index contributed by atoms with van der Waals surface area (Å²) in [5, 5.41) is 2.92. The van der Waals surface area contributed by atoms with Gasteiger partial charge in [0.1, 0.15) is 6.10 Å². The molecule has 0 saturated heterocycles. The van der Waals surface area contributed by atoms with Crippen LogP contribution in [0.2, 0.25) is 0 Å². The number of ether oxygens (including phenoxy) is 1. The first-order chi connectivity index (χ1) is 12.5.